The maximum Gasteiger partial charge on any atom is 0.196 e. The average Bonchev–Trinajstić information content (AvgIpc) is 2.72. The van der Waals surface area contributed by atoms with Gasteiger partial charge in [0.15, 0.2) is 5.78 Å². The second kappa shape index (κ2) is 7.95. The first kappa shape index (κ1) is 17.2. The van der Waals surface area contributed by atoms with Crippen molar-refractivity contribution in [2.75, 3.05) is 12.4 Å². The van der Waals surface area contributed by atoms with Crippen molar-refractivity contribution >= 4 is 11.6 Å². The second-order valence-corrected chi connectivity index (χ2v) is 5.62. The lowest BCUT2D eigenvalue weighted by Crippen LogP contribution is -2.06. The highest BCUT2D eigenvalue weighted by molar-refractivity contribution is 6.11. The highest BCUT2D eigenvalue weighted by Crippen LogP contribution is 2.22. The Morgan fingerprint density at radius 3 is 2.65 bits per heavy atom. The van der Waals surface area contributed by atoms with E-state index in [9.17, 15) is 4.79 Å². The molecule has 2 aromatic carbocycles. The fourth-order valence-corrected chi connectivity index (χ4v) is 2.55. The summed E-state index contributed by atoms with van der Waals surface area (Å²) in [7, 11) is 1.54. The van der Waals surface area contributed by atoms with Gasteiger partial charge in [0.25, 0.3) is 0 Å². The van der Waals surface area contributed by atoms with E-state index in [0.717, 1.165) is 5.56 Å². The van der Waals surface area contributed by atoms with E-state index in [0.29, 0.717) is 34.8 Å². The molecule has 0 radical (unpaired) electrons. The van der Waals surface area contributed by atoms with Crippen molar-refractivity contribution < 1.29 is 9.53 Å². The number of nitriles is 1. The molecule has 26 heavy (non-hydrogen) atoms. The monoisotopic (exact) mass is 343 g/mol. The Morgan fingerprint density at radius 2 is 1.92 bits per heavy atom. The number of anilines is 1. The summed E-state index contributed by atoms with van der Waals surface area (Å²) in [6.07, 6.45) is 1.60. The number of para-hydroxylation sites is 1. The predicted octanol–water partition coefficient (Wildman–Crippen LogP) is 3.80. The van der Waals surface area contributed by atoms with Gasteiger partial charge in [-0.1, -0.05) is 24.3 Å². The standard InChI is InChI=1S/C21H17N3O2/c1-26-19-5-3-2-4-18(19)21(25)17-10-11-23-20(12-17)24-14-16-8-6-15(13-22)7-9-16/h2-12H,14H2,1H3,(H,23,24). The molecule has 0 fully saturated rings. The first-order valence-corrected chi connectivity index (χ1v) is 8.08. The molecule has 0 aliphatic carbocycles. The van der Waals surface area contributed by atoms with Crippen molar-refractivity contribution in [1.82, 2.24) is 4.98 Å². The molecule has 0 amide bonds. The van der Waals surface area contributed by atoms with Gasteiger partial charge in [0, 0.05) is 18.3 Å². The van der Waals surface area contributed by atoms with Crippen LogP contribution in [-0.2, 0) is 6.54 Å². The molecule has 0 aliphatic heterocycles. The summed E-state index contributed by atoms with van der Waals surface area (Å²) in [6, 6.07) is 19.9. The number of pyridine rings is 1. The molecule has 0 atom stereocenters. The molecule has 3 rings (SSSR count). The van der Waals surface area contributed by atoms with Crippen LogP contribution in [0.4, 0.5) is 5.82 Å². The van der Waals surface area contributed by atoms with E-state index < -0.39 is 0 Å². The topological polar surface area (TPSA) is 75.0 Å². The molecule has 0 unspecified atom stereocenters. The zero-order valence-electron chi connectivity index (χ0n) is 14.3. The largest absolute Gasteiger partial charge is 0.496 e. The number of ether oxygens (including phenoxy) is 1. The van der Waals surface area contributed by atoms with Crippen LogP contribution in [0.25, 0.3) is 0 Å². The Hall–Kier alpha value is -3.65. The van der Waals surface area contributed by atoms with Crippen molar-refractivity contribution in [3.05, 3.63) is 89.1 Å². The molecule has 128 valence electrons. The minimum absolute atomic E-state index is 0.119. The molecule has 0 spiro atoms. The van der Waals surface area contributed by atoms with Crippen LogP contribution in [0.1, 0.15) is 27.0 Å². The second-order valence-electron chi connectivity index (χ2n) is 5.62. The molecular weight excluding hydrogens is 326 g/mol. The molecule has 1 aromatic heterocycles. The van der Waals surface area contributed by atoms with E-state index in [2.05, 4.69) is 16.4 Å². The maximum atomic E-state index is 12.8. The van der Waals surface area contributed by atoms with Crippen LogP contribution in [0.3, 0.4) is 0 Å². The molecule has 0 saturated heterocycles. The molecule has 1 N–H and O–H groups in total. The average molecular weight is 343 g/mol. The predicted molar refractivity (Wildman–Crippen MR) is 99.1 cm³/mol. The van der Waals surface area contributed by atoms with Gasteiger partial charge in [-0.05, 0) is 42.0 Å². The Kier molecular flexibility index (Phi) is 5.25. The number of methoxy groups -OCH3 is 1. The van der Waals surface area contributed by atoms with Crippen molar-refractivity contribution in [3.63, 3.8) is 0 Å². The number of carbonyl (C=O) groups excluding carboxylic acids is 1. The molecule has 5 heteroatoms. The zero-order chi connectivity index (χ0) is 18.4. The van der Waals surface area contributed by atoms with Crippen molar-refractivity contribution in [2.45, 2.75) is 6.54 Å². The van der Waals surface area contributed by atoms with Gasteiger partial charge < -0.3 is 10.1 Å². The van der Waals surface area contributed by atoms with E-state index in [-0.39, 0.29) is 5.78 Å². The number of nitrogens with one attached hydrogen (secondary N) is 1. The number of nitrogens with zero attached hydrogens (tertiary/aromatic N) is 2. The Morgan fingerprint density at radius 1 is 1.15 bits per heavy atom. The number of benzene rings is 2. The van der Waals surface area contributed by atoms with Gasteiger partial charge >= 0.3 is 0 Å². The smallest absolute Gasteiger partial charge is 0.196 e. The van der Waals surface area contributed by atoms with Crippen LogP contribution in [-0.4, -0.2) is 17.9 Å². The minimum Gasteiger partial charge on any atom is -0.496 e. The fourth-order valence-electron chi connectivity index (χ4n) is 2.55. The minimum atomic E-state index is -0.119. The third-order valence-electron chi connectivity index (χ3n) is 3.93. The number of hydrogen-bond donors (Lipinski definition) is 1. The summed E-state index contributed by atoms with van der Waals surface area (Å²) < 4.78 is 5.27. The summed E-state index contributed by atoms with van der Waals surface area (Å²) in [6.45, 7) is 0.547. The van der Waals surface area contributed by atoms with E-state index in [4.69, 9.17) is 10.00 Å². The zero-order valence-corrected chi connectivity index (χ0v) is 14.3. The molecule has 3 aromatic rings. The number of aromatic nitrogens is 1. The number of rotatable bonds is 6. The molecule has 0 bridgehead atoms. The normalized spacial score (nSPS) is 10.0. The number of ketones is 1. The lowest BCUT2D eigenvalue weighted by molar-refractivity contribution is 0.103. The highest BCUT2D eigenvalue weighted by atomic mass is 16.5. The molecular formula is C21H17N3O2. The van der Waals surface area contributed by atoms with Gasteiger partial charge in [-0.3, -0.25) is 4.79 Å². The molecule has 0 aliphatic rings. The van der Waals surface area contributed by atoms with E-state index in [1.165, 1.54) is 0 Å². The van der Waals surface area contributed by atoms with Gasteiger partial charge in [0.2, 0.25) is 0 Å². The first-order valence-electron chi connectivity index (χ1n) is 8.08. The van der Waals surface area contributed by atoms with E-state index in [1.807, 2.05) is 18.2 Å². The summed E-state index contributed by atoms with van der Waals surface area (Å²) in [5, 5.41) is 12.0. The van der Waals surface area contributed by atoms with Crippen molar-refractivity contribution in [1.29, 1.82) is 5.26 Å². The van der Waals surface area contributed by atoms with Crippen LogP contribution < -0.4 is 10.1 Å². The summed E-state index contributed by atoms with van der Waals surface area (Å²) in [5.74, 6) is 1.03. The third-order valence-corrected chi connectivity index (χ3v) is 3.93. The van der Waals surface area contributed by atoms with Gasteiger partial charge in [-0.25, -0.2) is 4.98 Å². The Bertz CT molecular complexity index is 959. The quantitative estimate of drug-likeness (QED) is 0.689. The third kappa shape index (κ3) is 3.87. The molecule has 0 saturated carbocycles. The van der Waals surface area contributed by atoms with Crippen molar-refractivity contribution in [3.8, 4) is 11.8 Å². The highest BCUT2D eigenvalue weighted by Gasteiger charge is 2.14. The van der Waals surface area contributed by atoms with Crippen LogP contribution in [0.2, 0.25) is 0 Å². The van der Waals surface area contributed by atoms with Gasteiger partial charge in [0.05, 0.1) is 24.3 Å². The summed E-state index contributed by atoms with van der Waals surface area (Å²) >= 11 is 0. The van der Waals surface area contributed by atoms with Gasteiger partial charge in [0.1, 0.15) is 11.6 Å². The summed E-state index contributed by atoms with van der Waals surface area (Å²) in [4.78, 5) is 17.0. The fraction of sp³-hybridized carbons (Fsp3) is 0.0952. The van der Waals surface area contributed by atoms with E-state index >= 15 is 0 Å². The molecule has 1 heterocycles. The van der Waals surface area contributed by atoms with Gasteiger partial charge in [-0.15, -0.1) is 0 Å². The number of hydrogen-bond acceptors (Lipinski definition) is 5. The van der Waals surface area contributed by atoms with Crippen molar-refractivity contribution in [2.24, 2.45) is 0 Å². The van der Waals surface area contributed by atoms with Gasteiger partial charge in [-0.2, -0.15) is 5.26 Å². The summed E-state index contributed by atoms with van der Waals surface area (Å²) in [5.41, 5.74) is 2.69. The van der Waals surface area contributed by atoms with Crippen LogP contribution in [0.5, 0.6) is 5.75 Å². The maximum absolute atomic E-state index is 12.8. The first-order chi connectivity index (χ1) is 12.7. The van der Waals surface area contributed by atoms with Crippen LogP contribution in [0, 0.1) is 11.3 Å². The molecule has 5 nitrogen and oxygen atoms in total. The lowest BCUT2D eigenvalue weighted by Gasteiger charge is -2.09. The van der Waals surface area contributed by atoms with E-state index in [1.54, 1.807) is 55.8 Å². The number of carbonyl (C=O) groups is 1. The lowest BCUT2D eigenvalue weighted by atomic mass is 10.0. The Labute approximate surface area is 151 Å². The Balaban J connectivity index is 1.75. The van der Waals surface area contributed by atoms with Crippen LogP contribution in [0.15, 0.2) is 66.9 Å². The van der Waals surface area contributed by atoms with Crippen LogP contribution >= 0.6 is 0 Å². The SMILES string of the molecule is COc1ccccc1C(=O)c1ccnc(NCc2ccc(C#N)cc2)c1.